The normalized spacial score (nSPS) is 11.1. The zero-order chi connectivity index (χ0) is 23.2. The minimum absolute atomic E-state index is 0.123. The van der Waals surface area contributed by atoms with Crippen molar-refractivity contribution in [3.8, 4) is 17.1 Å². The quantitative estimate of drug-likeness (QED) is 0.200. The lowest BCUT2D eigenvalue weighted by Crippen LogP contribution is -2.20. The molecule has 9 heteroatoms. The van der Waals surface area contributed by atoms with Crippen molar-refractivity contribution < 1.29 is 4.79 Å². The molecule has 0 aliphatic rings. The maximum absolute atomic E-state index is 12.3. The molecule has 3 aromatic carbocycles. The monoisotopic (exact) mass is 495 g/mol. The van der Waals surface area contributed by atoms with Gasteiger partial charge in [0.2, 0.25) is 0 Å². The van der Waals surface area contributed by atoms with E-state index in [9.17, 15) is 4.79 Å². The second-order valence-electron chi connectivity index (χ2n) is 7.12. The van der Waals surface area contributed by atoms with Crippen LogP contribution >= 0.6 is 35.0 Å². The molecule has 1 N–H and O–H groups in total. The van der Waals surface area contributed by atoms with Gasteiger partial charge in [-0.25, -0.2) is 5.43 Å². The van der Waals surface area contributed by atoms with Crippen LogP contribution in [0.3, 0.4) is 0 Å². The number of rotatable bonds is 7. The maximum atomic E-state index is 12.3. The lowest BCUT2D eigenvalue weighted by molar-refractivity contribution is -0.118. The first kappa shape index (κ1) is 23.0. The number of hydrogen-bond donors (Lipinski definition) is 1. The van der Waals surface area contributed by atoms with Crippen LogP contribution in [0.2, 0.25) is 10.0 Å². The molecule has 0 spiro atoms. The summed E-state index contributed by atoms with van der Waals surface area (Å²) in [6.07, 6.45) is 1.61. The number of nitrogens with one attached hydrogen (secondary N) is 1. The number of hydrazone groups is 1. The van der Waals surface area contributed by atoms with Gasteiger partial charge in [-0.15, -0.1) is 10.2 Å². The predicted octanol–water partition coefficient (Wildman–Crippen LogP) is 5.79. The van der Waals surface area contributed by atoms with Gasteiger partial charge in [-0.2, -0.15) is 5.10 Å². The van der Waals surface area contributed by atoms with Crippen molar-refractivity contribution in [1.29, 1.82) is 0 Å². The highest BCUT2D eigenvalue weighted by Gasteiger charge is 2.17. The van der Waals surface area contributed by atoms with E-state index in [1.54, 1.807) is 30.5 Å². The summed E-state index contributed by atoms with van der Waals surface area (Å²) in [5.74, 6) is 0.508. The molecule has 1 aromatic heterocycles. The molecule has 0 fully saturated rings. The van der Waals surface area contributed by atoms with Gasteiger partial charge in [0.05, 0.1) is 12.0 Å². The molecule has 4 rings (SSSR count). The van der Waals surface area contributed by atoms with Crippen molar-refractivity contribution in [3.63, 3.8) is 0 Å². The van der Waals surface area contributed by atoms with Crippen LogP contribution in [0, 0.1) is 6.92 Å². The van der Waals surface area contributed by atoms with E-state index >= 15 is 0 Å². The number of hydrogen-bond acceptors (Lipinski definition) is 5. The van der Waals surface area contributed by atoms with Gasteiger partial charge in [0.15, 0.2) is 11.0 Å². The maximum Gasteiger partial charge on any atom is 0.250 e. The SMILES string of the molecule is Cc1ccc(/C=N\NC(=O)CSc2nnc(-c3ccc(Cl)cc3)n2-c2ccc(Cl)cc2)cc1. The standard InChI is InChI=1S/C24H19Cl2N5OS/c1-16-2-4-17(5-3-16)14-27-28-22(32)15-33-24-30-29-23(18-6-8-19(25)9-7-18)31(24)21-12-10-20(26)11-13-21/h2-14H,15H2,1H3,(H,28,32)/b27-14-. The number of nitrogens with zero attached hydrogens (tertiary/aromatic N) is 4. The number of aromatic nitrogens is 3. The molecule has 1 amide bonds. The van der Waals surface area contributed by atoms with Gasteiger partial charge in [0.1, 0.15) is 0 Å². The summed E-state index contributed by atoms with van der Waals surface area (Å²) >= 11 is 13.4. The Morgan fingerprint density at radius 3 is 2.27 bits per heavy atom. The molecule has 0 atom stereocenters. The first-order chi connectivity index (χ1) is 16.0. The zero-order valence-electron chi connectivity index (χ0n) is 17.6. The van der Waals surface area contributed by atoms with Crippen LogP contribution < -0.4 is 5.43 Å². The summed E-state index contributed by atoms with van der Waals surface area (Å²) in [6, 6.07) is 22.5. The fraction of sp³-hybridized carbons (Fsp3) is 0.0833. The number of carbonyl (C=O) groups excluding carboxylic acids is 1. The number of thioether (sulfide) groups is 1. The molecule has 0 bridgehead atoms. The number of carbonyl (C=O) groups is 1. The molecule has 6 nitrogen and oxygen atoms in total. The van der Waals surface area contributed by atoms with Gasteiger partial charge >= 0.3 is 0 Å². The van der Waals surface area contributed by atoms with Crippen LogP contribution in [0.5, 0.6) is 0 Å². The number of benzene rings is 3. The van der Waals surface area contributed by atoms with Crippen LogP contribution in [-0.4, -0.2) is 32.6 Å². The molecule has 0 unspecified atom stereocenters. The highest BCUT2D eigenvalue weighted by Crippen LogP contribution is 2.29. The number of amides is 1. The molecule has 0 saturated carbocycles. The van der Waals surface area contributed by atoms with E-state index in [1.165, 1.54) is 11.8 Å². The third-order valence-electron chi connectivity index (χ3n) is 4.63. The van der Waals surface area contributed by atoms with Crippen LogP contribution in [0.1, 0.15) is 11.1 Å². The Morgan fingerprint density at radius 2 is 1.61 bits per heavy atom. The Balaban J connectivity index is 1.51. The molecule has 0 saturated heterocycles. The Kier molecular flexibility index (Phi) is 7.44. The number of halogens is 2. The van der Waals surface area contributed by atoms with Crippen molar-refractivity contribution in [2.24, 2.45) is 5.10 Å². The van der Waals surface area contributed by atoms with Crippen molar-refractivity contribution in [1.82, 2.24) is 20.2 Å². The molecule has 166 valence electrons. The van der Waals surface area contributed by atoms with Crippen LogP contribution in [0.25, 0.3) is 17.1 Å². The fourth-order valence-corrected chi connectivity index (χ4v) is 3.96. The summed E-state index contributed by atoms with van der Waals surface area (Å²) in [5, 5.41) is 14.5. The van der Waals surface area contributed by atoms with Gasteiger partial charge in [0.25, 0.3) is 5.91 Å². The lowest BCUT2D eigenvalue weighted by atomic mass is 10.2. The van der Waals surface area contributed by atoms with E-state index in [4.69, 9.17) is 23.2 Å². The third kappa shape index (κ3) is 6.01. The Bertz CT molecular complexity index is 1270. The second-order valence-corrected chi connectivity index (χ2v) is 8.93. The Morgan fingerprint density at radius 1 is 0.970 bits per heavy atom. The zero-order valence-corrected chi connectivity index (χ0v) is 19.9. The van der Waals surface area contributed by atoms with Gasteiger partial charge in [-0.1, -0.05) is 64.8 Å². The molecular weight excluding hydrogens is 477 g/mol. The molecule has 0 radical (unpaired) electrons. The van der Waals surface area contributed by atoms with E-state index in [0.717, 1.165) is 22.4 Å². The van der Waals surface area contributed by atoms with Crippen molar-refractivity contribution in [3.05, 3.63) is 94.0 Å². The topological polar surface area (TPSA) is 72.2 Å². The van der Waals surface area contributed by atoms with Crippen molar-refractivity contribution in [2.75, 3.05) is 5.75 Å². The van der Waals surface area contributed by atoms with Gasteiger partial charge < -0.3 is 0 Å². The first-order valence-corrected chi connectivity index (χ1v) is 11.7. The summed E-state index contributed by atoms with van der Waals surface area (Å²) in [5.41, 5.74) is 6.29. The van der Waals surface area contributed by atoms with Crippen LogP contribution in [0.4, 0.5) is 0 Å². The second kappa shape index (κ2) is 10.7. The fourth-order valence-electron chi connectivity index (χ4n) is 2.97. The highest BCUT2D eigenvalue weighted by atomic mass is 35.5. The van der Waals surface area contributed by atoms with E-state index in [1.807, 2.05) is 60.0 Å². The van der Waals surface area contributed by atoms with Gasteiger partial charge in [-0.3, -0.25) is 9.36 Å². The molecule has 4 aromatic rings. The number of aryl methyl sites for hydroxylation is 1. The average molecular weight is 496 g/mol. The summed E-state index contributed by atoms with van der Waals surface area (Å²) in [7, 11) is 0. The van der Waals surface area contributed by atoms with E-state index < -0.39 is 0 Å². The van der Waals surface area contributed by atoms with E-state index in [0.29, 0.717) is 21.0 Å². The van der Waals surface area contributed by atoms with E-state index in [2.05, 4.69) is 20.7 Å². The molecule has 0 aliphatic carbocycles. The summed E-state index contributed by atoms with van der Waals surface area (Å²) in [6.45, 7) is 2.01. The van der Waals surface area contributed by atoms with Crippen molar-refractivity contribution >= 4 is 47.1 Å². The largest absolute Gasteiger partial charge is 0.272 e. The molecule has 1 heterocycles. The van der Waals surface area contributed by atoms with Crippen LogP contribution in [0.15, 0.2) is 83.1 Å². The first-order valence-electron chi connectivity index (χ1n) is 9.98. The minimum Gasteiger partial charge on any atom is -0.272 e. The third-order valence-corrected chi connectivity index (χ3v) is 6.07. The molecule has 33 heavy (non-hydrogen) atoms. The smallest absolute Gasteiger partial charge is 0.250 e. The average Bonchev–Trinajstić information content (AvgIpc) is 3.24. The van der Waals surface area contributed by atoms with Gasteiger partial charge in [0, 0.05) is 21.3 Å². The minimum atomic E-state index is -0.248. The molecule has 0 aliphatic heterocycles. The lowest BCUT2D eigenvalue weighted by Gasteiger charge is -2.10. The molecular formula is C24H19Cl2N5OS. The highest BCUT2D eigenvalue weighted by molar-refractivity contribution is 7.99. The summed E-state index contributed by atoms with van der Waals surface area (Å²) < 4.78 is 1.88. The predicted molar refractivity (Wildman–Crippen MR) is 134 cm³/mol. The van der Waals surface area contributed by atoms with Crippen LogP contribution in [-0.2, 0) is 4.79 Å². The Hall–Kier alpha value is -3.13. The van der Waals surface area contributed by atoms with Crippen molar-refractivity contribution in [2.45, 2.75) is 12.1 Å². The summed E-state index contributed by atoms with van der Waals surface area (Å²) in [4.78, 5) is 12.3. The van der Waals surface area contributed by atoms with E-state index in [-0.39, 0.29) is 11.7 Å². The Labute approximate surface area is 205 Å². The van der Waals surface area contributed by atoms with Gasteiger partial charge in [-0.05, 0) is 61.0 Å².